The van der Waals surface area contributed by atoms with E-state index in [0.29, 0.717) is 18.0 Å². The number of carbonyl (C=O) groups excluding carboxylic acids is 1. The van der Waals surface area contributed by atoms with E-state index in [1.807, 2.05) is 13.0 Å². The first-order valence-electron chi connectivity index (χ1n) is 6.07. The fourth-order valence-corrected chi connectivity index (χ4v) is 2.98. The summed E-state index contributed by atoms with van der Waals surface area (Å²) in [4.78, 5) is 12.1. The van der Waals surface area contributed by atoms with Gasteiger partial charge in [-0.1, -0.05) is 13.3 Å². The summed E-state index contributed by atoms with van der Waals surface area (Å²) in [6.07, 6.45) is 1.72. The van der Waals surface area contributed by atoms with Gasteiger partial charge in [0.25, 0.3) is 0 Å². The van der Waals surface area contributed by atoms with Crippen LogP contribution in [0.1, 0.15) is 19.8 Å². The van der Waals surface area contributed by atoms with Crippen LogP contribution in [-0.4, -0.2) is 19.6 Å². The molecule has 1 aromatic carbocycles. The van der Waals surface area contributed by atoms with Crippen LogP contribution in [0.15, 0.2) is 21.1 Å². The summed E-state index contributed by atoms with van der Waals surface area (Å²) in [7, 11) is 1.58. The van der Waals surface area contributed by atoms with Crippen LogP contribution >= 0.6 is 31.9 Å². The summed E-state index contributed by atoms with van der Waals surface area (Å²) in [6.45, 7) is 2.39. The van der Waals surface area contributed by atoms with E-state index in [9.17, 15) is 4.79 Å². The Morgan fingerprint density at radius 3 is 2.63 bits per heavy atom. The number of nitrogens with one attached hydrogen (secondary N) is 1. The van der Waals surface area contributed by atoms with E-state index < -0.39 is 0 Å². The second-order valence-corrected chi connectivity index (χ2v) is 5.89. The van der Waals surface area contributed by atoms with E-state index in [0.717, 1.165) is 21.8 Å². The minimum absolute atomic E-state index is 0.0607. The first kappa shape index (κ1) is 16.5. The Labute approximate surface area is 130 Å². The van der Waals surface area contributed by atoms with Gasteiger partial charge in [-0.15, -0.1) is 0 Å². The van der Waals surface area contributed by atoms with Crippen LogP contribution in [0.5, 0.6) is 5.75 Å². The zero-order chi connectivity index (χ0) is 14.4. The van der Waals surface area contributed by atoms with Gasteiger partial charge in [-0.2, -0.15) is 0 Å². The predicted octanol–water partition coefficient (Wildman–Crippen LogP) is 3.53. The van der Waals surface area contributed by atoms with E-state index in [-0.39, 0.29) is 11.8 Å². The van der Waals surface area contributed by atoms with Crippen molar-refractivity contribution >= 4 is 43.5 Å². The Balaban J connectivity index is 2.89. The number of hydrogen-bond donors (Lipinski definition) is 2. The summed E-state index contributed by atoms with van der Waals surface area (Å²) >= 11 is 6.80. The normalized spacial score (nSPS) is 12.1. The molecule has 3 N–H and O–H groups in total. The molecule has 1 amide bonds. The van der Waals surface area contributed by atoms with E-state index in [1.165, 1.54) is 0 Å². The molecule has 1 aromatic rings. The molecule has 1 rings (SSSR count). The molecule has 0 saturated carbocycles. The molecule has 0 radical (unpaired) electrons. The smallest absolute Gasteiger partial charge is 0.228 e. The highest BCUT2D eigenvalue weighted by molar-refractivity contribution is 9.11. The summed E-state index contributed by atoms with van der Waals surface area (Å²) in [5.41, 5.74) is 6.31. The number of anilines is 1. The van der Waals surface area contributed by atoms with Crippen LogP contribution in [-0.2, 0) is 4.79 Å². The van der Waals surface area contributed by atoms with E-state index in [2.05, 4.69) is 37.2 Å². The van der Waals surface area contributed by atoms with Crippen molar-refractivity contribution in [2.45, 2.75) is 19.8 Å². The van der Waals surface area contributed by atoms with Crippen molar-refractivity contribution in [3.8, 4) is 5.75 Å². The van der Waals surface area contributed by atoms with E-state index in [1.54, 1.807) is 13.2 Å². The maximum atomic E-state index is 12.1. The Bertz CT molecular complexity index is 453. The van der Waals surface area contributed by atoms with Crippen molar-refractivity contribution in [1.82, 2.24) is 0 Å². The number of carbonyl (C=O) groups is 1. The van der Waals surface area contributed by atoms with Crippen LogP contribution in [0, 0.1) is 5.92 Å². The Kier molecular flexibility index (Phi) is 6.82. The number of ether oxygens (including phenoxy) is 1. The third kappa shape index (κ3) is 4.47. The molecule has 0 aliphatic carbocycles. The highest BCUT2D eigenvalue weighted by Crippen LogP contribution is 2.34. The van der Waals surface area contributed by atoms with Gasteiger partial charge < -0.3 is 15.8 Å². The van der Waals surface area contributed by atoms with Gasteiger partial charge in [-0.05, 0) is 44.3 Å². The van der Waals surface area contributed by atoms with Crippen LogP contribution < -0.4 is 15.8 Å². The molecule has 4 nitrogen and oxygen atoms in total. The molecule has 0 spiro atoms. The monoisotopic (exact) mass is 392 g/mol. The molecule has 1 atom stereocenters. The molecule has 19 heavy (non-hydrogen) atoms. The van der Waals surface area contributed by atoms with Crippen molar-refractivity contribution < 1.29 is 9.53 Å². The molecule has 0 heterocycles. The fraction of sp³-hybridized carbons (Fsp3) is 0.462. The van der Waals surface area contributed by atoms with Crippen molar-refractivity contribution in [1.29, 1.82) is 0 Å². The third-order valence-corrected chi connectivity index (χ3v) is 4.07. The number of amides is 1. The molecular weight excluding hydrogens is 376 g/mol. The molecule has 1 unspecified atom stereocenters. The molecular formula is C13H18Br2N2O2. The largest absolute Gasteiger partial charge is 0.495 e. The molecule has 0 aliphatic heterocycles. The van der Waals surface area contributed by atoms with Crippen LogP contribution in [0.2, 0.25) is 0 Å². The summed E-state index contributed by atoms with van der Waals surface area (Å²) in [5, 5.41) is 2.88. The molecule has 0 aliphatic rings. The van der Waals surface area contributed by atoms with E-state index in [4.69, 9.17) is 10.5 Å². The Morgan fingerprint density at radius 2 is 2.11 bits per heavy atom. The Hall–Kier alpha value is -0.590. The number of rotatable bonds is 6. The number of methoxy groups -OCH3 is 1. The minimum atomic E-state index is -0.161. The number of nitrogens with two attached hydrogens (primary N) is 1. The predicted molar refractivity (Wildman–Crippen MR) is 84.5 cm³/mol. The molecule has 0 aromatic heterocycles. The zero-order valence-electron chi connectivity index (χ0n) is 11.0. The minimum Gasteiger partial charge on any atom is -0.495 e. The lowest BCUT2D eigenvalue weighted by Gasteiger charge is -2.16. The quantitative estimate of drug-likeness (QED) is 0.776. The highest BCUT2D eigenvalue weighted by atomic mass is 79.9. The molecule has 0 bridgehead atoms. The van der Waals surface area contributed by atoms with Gasteiger partial charge >= 0.3 is 0 Å². The van der Waals surface area contributed by atoms with E-state index >= 15 is 0 Å². The standard InChI is InChI=1S/C13H18Br2N2O2/c1-3-4-8(7-16)13(18)17-11-6-12(19-2)10(15)5-9(11)14/h5-6,8H,3-4,7,16H2,1-2H3,(H,17,18). The maximum absolute atomic E-state index is 12.1. The lowest BCUT2D eigenvalue weighted by molar-refractivity contribution is -0.119. The average Bonchev–Trinajstić information content (AvgIpc) is 2.38. The van der Waals surface area contributed by atoms with Gasteiger partial charge in [0.1, 0.15) is 5.75 Å². The average molecular weight is 394 g/mol. The summed E-state index contributed by atoms with van der Waals surface area (Å²) in [6, 6.07) is 3.61. The number of hydrogen-bond acceptors (Lipinski definition) is 3. The van der Waals surface area contributed by atoms with Crippen molar-refractivity contribution in [2.75, 3.05) is 19.0 Å². The molecule has 0 fully saturated rings. The lowest BCUT2D eigenvalue weighted by Crippen LogP contribution is -2.29. The van der Waals surface area contributed by atoms with Crippen molar-refractivity contribution in [2.24, 2.45) is 11.7 Å². The number of benzene rings is 1. The van der Waals surface area contributed by atoms with Gasteiger partial charge in [0.15, 0.2) is 0 Å². The van der Waals surface area contributed by atoms with Crippen molar-refractivity contribution in [3.05, 3.63) is 21.1 Å². The second-order valence-electron chi connectivity index (χ2n) is 4.18. The van der Waals surface area contributed by atoms with Crippen LogP contribution in [0.3, 0.4) is 0 Å². The Morgan fingerprint density at radius 1 is 1.42 bits per heavy atom. The summed E-state index contributed by atoms with van der Waals surface area (Å²) in [5.74, 6) is 0.444. The van der Waals surface area contributed by atoms with Gasteiger partial charge in [-0.3, -0.25) is 4.79 Å². The van der Waals surface area contributed by atoms with Gasteiger partial charge in [0.2, 0.25) is 5.91 Å². The fourth-order valence-electron chi connectivity index (χ4n) is 1.72. The van der Waals surface area contributed by atoms with Crippen LogP contribution in [0.25, 0.3) is 0 Å². The molecule has 106 valence electrons. The number of halogens is 2. The molecule has 6 heteroatoms. The molecule has 0 saturated heterocycles. The van der Waals surface area contributed by atoms with Crippen molar-refractivity contribution in [3.63, 3.8) is 0 Å². The topological polar surface area (TPSA) is 64.4 Å². The SMILES string of the molecule is CCCC(CN)C(=O)Nc1cc(OC)c(Br)cc1Br. The first-order chi connectivity index (χ1) is 9.03. The third-order valence-electron chi connectivity index (χ3n) is 2.79. The second kappa shape index (κ2) is 7.87. The summed E-state index contributed by atoms with van der Waals surface area (Å²) < 4.78 is 6.83. The zero-order valence-corrected chi connectivity index (χ0v) is 14.2. The maximum Gasteiger partial charge on any atom is 0.228 e. The van der Waals surface area contributed by atoms with Gasteiger partial charge in [0.05, 0.1) is 23.2 Å². The first-order valence-corrected chi connectivity index (χ1v) is 7.66. The highest BCUT2D eigenvalue weighted by Gasteiger charge is 2.17. The van der Waals surface area contributed by atoms with Gasteiger partial charge in [-0.25, -0.2) is 0 Å². The van der Waals surface area contributed by atoms with Gasteiger partial charge in [0, 0.05) is 17.1 Å². The lowest BCUT2D eigenvalue weighted by atomic mass is 10.0. The van der Waals surface area contributed by atoms with Crippen LogP contribution in [0.4, 0.5) is 5.69 Å².